The summed E-state index contributed by atoms with van der Waals surface area (Å²) in [6.45, 7) is 4.29. The highest BCUT2D eigenvalue weighted by Crippen LogP contribution is 2.26. The predicted octanol–water partition coefficient (Wildman–Crippen LogP) is 3.48. The van der Waals surface area contributed by atoms with Crippen LogP contribution in [0, 0.1) is 11.8 Å². The molecule has 0 heterocycles. The first-order valence-corrected chi connectivity index (χ1v) is 7.58. The van der Waals surface area contributed by atoms with E-state index in [4.69, 9.17) is 0 Å². The zero-order valence-corrected chi connectivity index (χ0v) is 12.3. The summed E-state index contributed by atoms with van der Waals surface area (Å²) in [5, 5.41) is 10.4. The van der Waals surface area contributed by atoms with E-state index in [1.165, 1.54) is 32.2 Å². The maximum atomic E-state index is 10.4. The molecule has 0 radical (unpaired) electrons. The van der Waals surface area contributed by atoms with Gasteiger partial charge in [0.1, 0.15) is 0 Å². The lowest BCUT2D eigenvalue weighted by atomic mass is 9.96. The van der Waals surface area contributed by atoms with Crippen LogP contribution >= 0.6 is 0 Å². The van der Waals surface area contributed by atoms with Crippen LogP contribution in [0.2, 0.25) is 0 Å². The highest BCUT2D eigenvalue weighted by Gasteiger charge is 2.21. The van der Waals surface area contributed by atoms with Crippen molar-refractivity contribution in [1.82, 2.24) is 4.90 Å². The molecule has 0 amide bonds. The molecule has 0 spiro atoms. The number of benzene rings is 1. The summed E-state index contributed by atoms with van der Waals surface area (Å²) in [6.07, 6.45) is 5.23. The number of rotatable bonds is 6. The van der Waals surface area contributed by atoms with Gasteiger partial charge in [0.05, 0.1) is 6.10 Å². The molecule has 2 atom stereocenters. The maximum Gasteiger partial charge on any atom is 0.0827 e. The van der Waals surface area contributed by atoms with Crippen molar-refractivity contribution in [2.45, 2.75) is 38.7 Å². The molecular formula is C17H27NO. The Bertz CT molecular complexity index is 359. The number of aliphatic hydroxyl groups excluding tert-OH is 1. The largest absolute Gasteiger partial charge is 0.388 e. The first-order valence-electron chi connectivity index (χ1n) is 7.58. The standard InChI is InChI=1S/C17H27NO/c1-14(17(19)16-10-4-3-5-11-16)12-18(2)13-15-8-6-7-9-15/h3-5,10-11,14-15,17,19H,6-9,12-13H2,1-2H3. The van der Waals surface area contributed by atoms with Gasteiger partial charge in [0.25, 0.3) is 0 Å². The fourth-order valence-corrected chi connectivity index (χ4v) is 3.28. The molecule has 1 aliphatic carbocycles. The van der Waals surface area contributed by atoms with Crippen LogP contribution in [0.4, 0.5) is 0 Å². The molecule has 2 rings (SSSR count). The van der Waals surface area contributed by atoms with Crippen molar-refractivity contribution in [3.05, 3.63) is 35.9 Å². The third-order valence-electron chi connectivity index (χ3n) is 4.32. The first kappa shape index (κ1) is 14.5. The van der Waals surface area contributed by atoms with Crippen LogP contribution < -0.4 is 0 Å². The fourth-order valence-electron chi connectivity index (χ4n) is 3.28. The number of hydrogen-bond donors (Lipinski definition) is 1. The van der Waals surface area contributed by atoms with Gasteiger partial charge in [-0.1, -0.05) is 50.1 Å². The Labute approximate surface area is 117 Å². The van der Waals surface area contributed by atoms with E-state index in [9.17, 15) is 5.11 Å². The Kier molecular flexibility index (Phi) is 5.41. The minimum Gasteiger partial charge on any atom is -0.388 e. The third kappa shape index (κ3) is 4.32. The summed E-state index contributed by atoms with van der Waals surface area (Å²) < 4.78 is 0. The predicted molar refractivity (Wildman–Crippen MR) is 80.0 cm³/mol. The lowest BCUT2D eigenvalue weighted by Gasteiger charge is -2.27. The van der Waals surface area contributed by atoms with Gasteiger partial charge in [-0.05, 0) is 37.3 Å². The van der Waals surface area contributed by atoms with Crippen LogP contribution in [-0.2, 0) is 0 Å². The molecule has 0 bridgehead atoms. The second-order valence-electron chi connectivity index (χ2n) is 6.20. The normalized spacial score (nSPS) is 19.8. The Balaban J connectivity index is 1.80. The smallest absolute Gasteiger partial charge is 0.0827 e. The number of aliphatic hydroxyl groups is 1. The van der Waals surface area contributed by atoms with Gasteiger partial charge in [-0.25, -0.2) is 0 Å². The summed E-state index contributed by atoms with van der Waals surface area (Å²) in [7, 11) is 2.19. The van der Waals surface area contributed by atoms with Crippen molar-refractivity contribution in [1.29, 1.82) is 0 Å². The first-order chi connectivity index (χ1) is 9.16. The molecule has 1 aliphatic rings. The summed E-state index contributed by atoms with van der Waals surface area (Å²) in [6, 6.07) is 10.0. The van der Waals surface area contributed by atoms with Crippen LogP contribution in [0.15, 0.2) is 30.3 Å². The van der Waals surface area contributed by atoms with E-state index in [2.05, 4.69) is 18.9 Å². The van der Waals surface area contributed by atoms with Gasteiger partial charge < -0.3 is 10.0 Å². The van der Waals surface area contributed by atoms with Gasteiger partial charge in [-0.15, -0.1) is 0 Å². The summed E-state index contributed by atoms with van der Waals surface area (Å²) in [4.78, 5) is 2.40. The molecule has 1 aromatic rings. The highest BCUT2D eigenvalue weighted by atomic mass is 16.3. The summed E-state index contributed by atoms with van der Waals surface area (Å²) in [5.41, 5.74) is 1.03. The van der Waals surface area contributed by atoms with Gasteiger partial charge in [-0.3, -0.25) is 0 Å². The molecule has 2 unspecified atom stereocenters. The molecule has 1 aromatic carbocycles. The minimum absolute atomic E-state index is 0.272. The van der Waals surface area contributed by atoms with Gasteiger partial charge in [0.2, 0.25) is 0 Å². The van der Waals surface area contributed by atoms with Crippen LogP contribution in [0.3, 0.4) is 0 Å². The molecule has 106 valence electrons. The van der Waals surface area contributed by atoms with Crippen molar-refractivity contribution in [2.24, 2.45) is 11.8 Å². The van der Waals surface area contributed by atoms with Crippen LogP contribution in [0.5, 0.6) is 0 Å². The minimum atomic E-state index is -0.354. The van der Waals surface area contributed by atoms with Crippen molar-refractivity contribution >= 4 is 0 Å². The van der Waals surface area contributed by atoms with Crippen LogP contribution in [-0.4, -0.2) is 30.1 Å². The average Bonchev–Trinajstić information content (AvgIpc) is 2.91. The molecule has 1 saturated carbocycles. The van der Waals surface area contributed by atoms with Crippen molar-refractivity contribution in [2.75, 3.05) is 20.1 Å². The van der Waals surface area contributed by atoms with Gasteiger partial charge >= 0.3 is 0 Å². The van der Waals surface area contributed by atoms with Crippen molar-refractivity contribution in [3.8, 4) is 0 Å². The van der Waals surface area contributed by atoms with Crippen molar-refractivity contribution in [3.63, 3.8) is 0 Å². The van der Waals surface area contributed by atoms with Gasteiger partial charge in [0, 0.05) is 13.1 Å². The fraction of sp³-hybridized carbons (Fsp3) is 0.647. The topological polar surface area (TPSA) is 23.5 Å². The second kappa shape index (κ2) is 7.06. The highest BCUT2D eigenvalue weighted by molar-refractivity contribution is 5.17. The molecule has 2 nitrogen and oxygen atoms in total. The lowest BCUT2D eigenvalue weighted by molar-refractivity contribution is 0.0911. The second-order valence-corrected chi connectivity index (χ2v) is 6.20. The number of nitrogens with zero attached hydrogens (tertiary/aromatic N) is 1. The number of hydrogen-bond acceptors (Lipinski definition) is 2. The third-order valence-corrected chi connectivity index (χ3v) is 4.32. The van der Waals surface area contributed by atoms with Crippen LogP contribution in [0.1, 0.15) is 44.3 Å². The molecule has 19 heavy (non-hydrogen) atoms. The summed E-state index contributed by atoms with van der Waals surface area (Å²) >= 11 is 0. The van der Waals surface area contributed by atoms with E-state index in [0.717, 1.165) is 18.0 Å². The molecule has 0 saturated heterocycles. The molecule has 2 heteroatoms. The van der Waals surface area contributed by atoms with E-state index in [0.29, 0.717) is 0 Å². The van der Waals surface area contributed by atoms with E-state index in [-0.39, 0.29) is 12.0 Å². The van der Waals surface area contributed by atoms with Crippen molar-refractivity contribution < 1.29 is 5.11 Å². The zero-order valence-electron chi connectivity index (χ0n) is 12.3. The molecule has 0 aliphatic heterocycles. The molecule has 1 fully saturated rings. The SMILES string of the molecule is CC(CN(C)CC1CCCC1)C(O)c1ccccc1. The molecule has 0 aromatic heterocycles. The van der Waals surface area contributed by atoms with Gasteiger partial charge in [-0.2, -0.15) is 0 Å². The summed E-state index contributed by atoms with van der Waals surface area (Å²) in [5.74, 6) is 1.15. The lowest BCUT2D eigenvalue weighted by Crippen LogP contribution is -2.31. The van der Waals surface area contributed by atoms with Crippen LogP contribution in [0.25, 0.3) is 0 Å². The Morgan fingerprint density at radius 1 is 1.21 bits per heavy atom. The monoisotopic (exact) mass is 261 g/mol. The van der Waals surface area contributed by atoms with E-state index in [1.54, 1.807) is 0 Å². The van der Waals surface area contributed by atoms with E-state index >= 15 is 0 Å². The van der Waals surface area contributed by atoms with E-state index in [1.807, 2.05) is 30.3 Å². The zero-order chi connectivity index (χ0) is 13.7. The molecular weight excluding hydrogens is 234 g/mol. The van der Waals surface area contributed by atoms with E-state index < -0.39 is 0 Å². The van der Waals surface area contributed by atoms with Gasteiger partial charge in [0.15, 0.2) is 0 Å². The Hall–Kier alpha value is -0.860. The Morgan fingerprint density at radius 2 is 1.84 bits per heavy atom. The Morgan fingerprint density at radius 3 is 2.47 bits per heavy atom. The quantitative estimate of drug-likeness (QED) is 0.847. The average molecular weight is 261 g/mol. The molecule has 1 N–H and O–H groups in total. The maximum absolute atomic E-state index is 10.4.